The van der Waals surface area contributed by atoms with E-state index in [4.69, 9.17) is 14.2 Å². The normalized spacial score (nSPS) is 13.2. The molecule has 60 heavy (non-hydrogen) atoms. The van der Waals surface area contributed by atoms with Crippen LogP contribution in [0.25, 0.3) is 0 Å². The summed E-state index contributed by atoms with van der Waals surface area (Å²) in [5.74, 6) is -1.49. The van der Waals surface area contributed by atoms with Crippen LogP contribution in [0.5, 0.6) is 0 Å². The number of unbranched alkanes of at least 4 members (excludes halogenated alkanes) is 25. The van der Waals surface area contributed by atoms with E-state index in [9.17, 15) is 19.5 Å². The molecule has 1 N–H and O–H groups in total. The number of ether oxygens (including phenoxy) is 3. The van der Waals surface area contributed by atoms with E-state index in [0.29, 0.717) is 19.3 Å². The van der Waals surface area contributed by atoms with Crippen molar-refractivity contribution in [1.82, 2.24) is 0 Å². The molecule has 0 aliphatic carbocycles. The number of hydrogen-bond donors (Lipinski definition) is 1. The summed E-state index contributed by atoms with van der Waals surface area (Å²) in [4.78, 5) is 37.1. The molecule has 0 aliphatic rings. The Morgan fingerprint density at radius 1 is 0.500 bits per heavy atom. The number of esters is 2. The van der Waals surface area contributed by atoms with E-state index in [2.05, 4.69) is 50.3 Å². The third-order valence-electron chi connectivity index (χ3n) is 11.3. The molecular formula is C52H96NO7+. The van der Waals surface area contributed by atoms with Crippen LogP contribution in [-0.2, 0) is 28.6 Å². The Bertz CT molecular complexity index is 1080. The van der Waals surface area contributed by atoms with Gasteiger partial charge in [-0.3, -0.25) is 9.59 Å². The summed E-state index contributed by atoms with van der Waals surface area (Å²) in [7, 11) is 5.53. The fraction of sp³-hybridized carbons (Fsp3) is 0.827. The van der Waals surface area contributed by atoms with Crippen molar-refractivity contribution >= 4 is 17.9 Å². The number of likely N-dealkylation sites (N-methyl/N-ethyl adjacent to an activating group) is 1. The van der Waals surface area contributed by atoms with E-state index >= 15 is 0 Å². The number of rotatable bonds is 45. The first-order chi connectivity index (χ1) is 29.1. The number of nitrogens with zero attached hydrogens (tertiary/aromatic N) is 1. The van der Waals surface area contributed by atoms with Gasteiger partial charge in [0, 0.05) is 19.3 Å². The molecule has 0 bridgehead atoms. The lowest BCUT2D eigenvalue weighted by atomic mass is 10.1. The van der Waals surface area contributed by atoms with E-state index in [1.165, 1.54) is 128 Å². The zero-order valence-electron chi connectivity index (χ0n) is 39.9. The highest BCUT2D eigenvalue weighted by atomic mass is 16.6. The van der Waals surface area contributed by atoms with Gasteiger partial charge >= 0.3 is 17.9 Å². The summed E-state index contributed by atoms with van der Waals surface area (Å²) in [6.45, 7) is 4.73. The number of carboxylic acids is 1. The van der Waals surface area contributed by atoms with Crippen LogP contribution in [0.3, 0.4) is 0 Å². The van der Waals surface area contributed by atoms with Gasteiger partial charge in [0.15, 0.2) is 12.1 Å². The Kier molecular flexibility index (Phi) is 41.4. The minimum atomic E-state index is -0.877. The first-order valence-corrected chi connectivity index (χ1v) is 25.0. The van der Waals surface area contributed by atoms with Crippen LogP contribution < -0.4 is 0 Å². The summed E-state index contributed by atoms with van der Waals surface area (Å²) in [5, 5.41) is 9.64. The maximum atomic E-state index is 12.8. The van der Waals surface area contributed by atoms with Crippen molar-refractivity contribution in [3.05, 3.63) is 36.5 Å². The highest BCUT2D eigenvalue weighted by Gasteiger charge is 2.31. The zero-order valence-corrected chi connectivity index (χ0v) is 39.9. The minimum Gasteiger partial charge on any atom is -0.477 e. The fourth-order valence-electron chi connectivity index (χ4n) is 7.35. The van der Waals surface area contributed by atoms with Gasteiger partial charge in [-0.05, 0) is 70.6 Å². The lowest BCUT2D eigenvalue weighted by Crippen LogP contribution is -2.50. The fourth-order valence-corrected chi connectivity index (χ4v) is 7.35. The van der Waals surface area contributed by atoms with E-state index in [-0.39, 0.29) is 36.2 Å². The Labute approximate surface area is 370 Å². The quantitative estimate of drug-likeness (QED) is 0.0282. The van der Waals surface area contributed by atoms with E-state index < -0.39 is 18.1 Å². The third-order valence-corrected chi connectivity index (χ3v) is 11.3. The van der Waals surface area contributed by atoms with Crippen LogP contribution in [0, 0.1) is 0 Å². The van der Waals surface area contributed by atoms with Gasteiger partial charge in [0.2, 0.25) is 0 Å². The van der Waals surface area contributed by atoms with Gasteiger partial charge in [-0.25, -0.2) is 4.79 Å². The van der Waals surface area contributed by atoms with Gasteiger partial charge in [-0.1, -0.05) is 172 Å². The molecule has 0 saturated carbocycles. The molecule has 0 aromatic rings. The van der Waals surface area contributed by atoms with Crippen LogP contribution in [0.4, 0.5) is 0 Å². The molecule has 0 aliphatic heterocycles. The molecule has 0 amide bonds. The minimum absolute atomic E-state index is 0.0545. The molecule has 0 aromatic carbocycles. The third kappa shape index (κ3) is 40.9. The number of quaternary nitrogens is 1. The number of carboxylic acid groups (broad SMARTS) is 1. The van der Waals surface area contributed by atoms with E-state index in [1.54, 1.807) is 0 Å². The molecule has 2 atom stereocenters. The second-order valence-electron chi connectivity index (χ2n) is 18.1. The number of allylic oxidation sites excluding steroid dienone is 6. The molecule has 0 aromatic heterocycles. The second kappa shape index (κ2) is 43.2. The maximum Gasteiger partial charge on any atom is 0.362 e. The second-order valence-corrected chi connectivity index (χ2v) is 18.1. The highest BCUT2D eigenvalue weighted by molar-refractivity contribution is 5.72. The van der Waals surface area contributed by atoms with Gasteiger partial charge in [-0.15, -0.1) is 0 Å². The molecule has 350 valence electrons. The maximum absolute atomic E-state index is 12.8. The summed E-state index contributed by atoms with van der Waals surface area (Å²) in [5.41, 5.74) is 0. The molecule has 0 radical (unpaired) electrons. The van der Waals surface area contributed by atoms with Crippen molar-refractivity contribution in [3.8, 4) is 0 Å². The molecule has 2 unspecified atom stereocenters. The van der Waals surface area contributed by atoms with Gasteiger partial charge in [0.1, 0.15) is 6.61 Å². The Morgan fingerprint density at radius 3 is 1.32 bits per heavy atom. The molecule has 0 saturated heterocycles. The highest BCUT2D eigenvalue weighted by Crippen LogP contribution is 2.14. The van der Waals surface area contributed by atoms with Crippen LogP contribution in [-0.4, -0.2) is 80.6 Å². The smallest absolute Gasteiger partial charge is 0.362 e. The van der Waals surface area contributed by atoms with Crippen LogP contribution in [0.15, 0.2) is 36.5 Å². The lowest BCUT2D eigenvalue weighted by molar-refractivity contribution is -0.887. The summed E-state index contributed by atoms with van der Waals surface area (Å²) in [6.07, 6.45) is 50.5. The van der Waals surface area contributed by atoms with Crippen molar-refractivity contribution in [1.29, 1.82) is 0 Å². The Hall–Kier alpha value is -2.45. The monoisotopic (exact) mass is 847 g/mol. The lowest BCUT2D eigenvalue weighted by Gasteiger charge is -2.31. The summed E-state index contributed by atoms with van der Waals surface area (Å²) >= 11 is 0. The molecular weight excluding hydrogens is 751 g/mol. The van der Waals surface area contributed by atoms with Gasteiger partial charge < -0.3 is 23.8 Å². The van der Waals surface area contributed by atoms with Crippen molar-refractivity contribution in [3.63, 3.8) is 0 Å². The van der Waals surface area contributed by atoms with Gasteiger partial charge in [-0.2, -0.15) is 0 Å². The van der Waals surface area contributed by atoms with Crippen molar-refractivity contribution in [2.75, 3.05) is 41.0 Å². The van der Waals surface area contributed by atoms with Crippen LogP contribution >= 0.6 is 0 Å². The number of aliphatic carboxylic acids is 1. The number of carbonyl (C=O) groups excluding carboxylic acids is 2. The average Bonchev–Trinajstić information content (AvgIpc) is 3.21. The molecule has 0 rings (SSSR count). The number of carbonyl (C=O) groups is 3. The predicted molar refractivity (Wildman–Crippen MR) is 252 cm³/mol. The largest absolute Gasteiger partial charge is 0.477 e. The molecule has 0 fully saturated rings. The first-order valence-electron chi connectivity index (χ1n) is 25.0. The average molecular weight is 847 g/mol. The Balaban J connectivity index is 4.27. The molecule has 0 spiro atoms. The van der Waals surface area contributed by atoms with Gasteiger partial charge in [0.05, 0.1) is 34.4 Å². The van der Waals surface area contributed by atoms with Crippen molar-refractivity contribution in [2.45, 2.75) is 238 Å². The summed E-state index contributed by atoms with van der Waals surface area (Å²) < 4.78 is 17.3. The number of hydrogen-bond acceptors (Lipinski definition) is 6. The Morgan fingerprint density at radius 2 is 0.883 bits per heavy atom. The molecule has 8 nitrogen and oxygen atoms in total. The first kappa shape index (κ1) is 57.5. The SMILES string of the molecule is CCCCCCCCC/C=C/CCCCCC(=O)OCC(COCCC(C(=O)O)[N+](C)(C)C)OC(=O)CCCCCCCCC/C=C/C/C=C/CCCCCCCCCC. The predicted octanol–water partition coefficient (Wildman–Crippen LogP) is 14.2. The standard InChI is InChI=1S/C52H95NO7/c1-6-8-10-12-14-16-18-20-22-23-24-25-26-27-28-29-31-33-35-37-39-41-43-51(55)60-48(46-58-45-44-49(52(56)57)53(3,4)5)47-59-50(54)42-40-38-36-34-32-30-21-19-17-15-13-11-9-7-2/h23-24,26-27,30,32,48-49H,6-22,25,28-29,31,33-47H2,1-5H3/p+1/b24-23+,27-26+,32-30+. The zero-order chi connectivity index (χ0) is 44.2. The van der Waals surface area contributed by atoms with Crippen LogP contribution in [0.1, 0.15) is 226 Å². The van der Waals surface area contributed by atoms with Crippen molar-refractivity contribution in [2.24, 2.45) is 0 Å². The molecule has 0 heterocycles. The van der Waals surface area contributed by atoms with Gasteiger partial charge in [0.25, 0.3) is 0 Å². The topological polar surface area (TPSA) is 99.1 Å². The van der Waals surface area contributed by atoms with E-state index in [1.807, 2.05) is 21.1 Å². The summed E-state index contributed by atoms with van der Waals surface area (Å²) in [6, 6.07) is -0.618. The molecule has 8 heteroatoms. The van der Waals surface area contributed by atoms with Crippen LogP contribution in [0.2, 0.25) is 0 Å². The van der Waals surface area contributed by atoms with Crippen molar-refractivity contribution < 1.29 is 38.2 Å². The van der Waals surface area contributed by atoms with E-state index in [0.717, 1.165) is 64.2 Å².